The van der Waals surface area contributed by atoms with E-state index < -0.39 is 0 Å². The van der Waals surface area contributed by atoms with Crippen molar-refractivity contribution < 1.29 is 9.59 Å². The highest BCUT2D eigenvalue weighted by atomic mass is 16.2. The molecule has 0 radical (unpaired) electrons. The Kier molecular flexibility index (Phi) is 6.08. The van der Waals surface area contributed by atoms with Gasteiger partial charge in [-0.2, -0.15) is 5.10 Å². The number of aromatic nitrogens is 2. The summed E-state index contributed by atoms with van der Waals surface area (Å²) < 4.78 is 1.71. The van der Waals surface area contributed by atoms with Crippen LogP contribution in [0.4, 0.5) is 0 Å². The molecule has 2 rings (SSSR count). The lowest BCUT2D eigenvalue weighted by Crippen LogP contribution is -2.34. The second kappa shape index (κ2) is 8.26. The number of hydrogen-bond donors (Lipinski definition) is 2. The molecule has 1 aromatic carbocycles. The SMILES string of the molecule is CC(=O)NCCNC(=O)c1ccccc1-n1cc(CN(C)C)cn1. The molecule has 24 heavy (non-hydrogen) atoms. The summed E-state index contributed by atoms with van der Waals surface area (Å²) in [6.07, 6.45) is 3.72. The van der Waals surface area contributed by atoms with Gasteiger partial charge in [0.05, 0.1) is 17.4 Å². The van der Waals surface area contributed by atoms with Crippen LogP contribution < -0.4 is 10.6 Å². The first-order valence-corrected chi connectivity index (χ1v) is 7.77. The summed E-state index contributed by atoms with van der Waals surface area (Å²) in [4.78, 5) is 25.3. The van der Waals surface area contributed by atoms with Gasteiger partial charge in [0.25, 0.3) is 5.91 Å². The summed E-state index contributed by atoms with van der Waals surface area (Å²) in [5, 5.41) is 9.80. The van der Waals surface area contributed by atoms with E-state index in [0.29, 0.717) is 18.7 Å². The summed E-state index contributed by atoms with van der Waals surface area (Å²) in [6, 6.07) is 7.30. The van der Waals surface area contributed by atoms with E-state index in [4.69, 9.17) is 0 Å². The highest BCUT2D eigenvalue weighted by molar-refractivity contribution is 5.97. The number of benzene rings is 1. The van der Waals surface area contributed by atoms with Gasteiger partial charge in [0.1, 0.15) is 0 Å². The third-order valence-corrected chi connectivity index (χ3v) is 3.31. The quantitative estimate of drug-likeness (QED) is 0.737. The van der Waals surface area contributed by atoms with Gasteiger partial charge >= 0.3 is 0 Å². The van der Waals surface area contributed by atoms with E-state index in [9.17, 15) is 9.59 Å². The lowest BCUT2D eigenvalue weighted by Gasteiger charge is -2.10. The zero-order valence-corrected chi connectivity index (χ0v) is 14.2. The van der Waals surface area contributed by atoms with Crippen molar-refractivity contribution in [3.05, 3.63) is 47.8 Å². The van der Waals surface area contributed by atoms with Gasteiger partial charge in [-0.25, -0.2) is 4.68 Å². The molecule has 0 aliphatic rings. The number of carbonyl (C=O) groups is 2. The molecule has 0 saturated heterocycles. The zero-order chi connectivity index (χ0) is 17.5. The normalized spacial score (nSPS) is 10.7. The van der Waals surface area contributed by atoms with Gasteiger partial charge in [-0.3, -0.25) is 9.59 Å². The van der Waals surface area contributed by atoms with Crippen LogP contribution in [-0.4, -0.2) is 53.7 Å². The van der Waals surface area contributed by atoms with Crippen molar-refractivity contribution >= 4 is 11.8 Å². The average Bonchev–Trinajstić information content (AvgIpc) is 2.98. The first kappa shape index (κ1) is 17.7. The van der Waals surface area contributed by atoms with Crippen molar-refractivity contribution in [3.63, 3.8) is 0 Å². The van der Waals surface area contributed by atoms with Gasteiger partial charge in [-0.05, 0) is 26.2 Å². The molecule has 2 aromatic rings. The lowest BCUT2D eigenvalue weighted by atomic mass is 10.1. The Hall–Kier alpha value is -2.67. The van der Waals surface area contributed by atoms with Crippen molar-refractivity contribution in [3.8, 4) is 5.69 Å². The number of para-hydroxylation sites is 1. The van der Waals surface area contributed by atoms with E-state index >= 15 is 0 Å². The molecular formula is C17H23N5O2. The minimum absolute atomic E-state index is 0.116. The Morgan fingerprint density at radius 3 is 2.58 bits per heavy atom. The molecule has 0 saturated carbocycles. The first-order chi connectivity index (χ1) is 11.5. The van der Waals surface area contributed by atoms with Crippen molar-refractivity contribution in [2.75, 3.05) is 27.2 Å². The molecule has 0 spiro atoms. The van der Waals surface area contributed by atoms with Crippen molar-refractivity contribution in [2.45, 2.75) is 13.5 Å². The lowest BCUT2D eigenvalue weighted by molar-refractivity contribution is -0.118. The molecule has 2 amide bonds. The Bertz CT molecular complexity index is 709. The number of hydrogen-bond acceptors (Lipinski definition) is 4. The van der Waals surface area contributed by atoms with Crippen LogP contribution in [-0.2, 0) is 11.3 Å². The summed E-state index contributed by atoms with van der Waals surface area (Å²) in [5.74, 6) is -0.310. The van der Waals surface area contributed by atoms with Crippen molar-refractivity contribution in [1.29, 1.82) is 0 Å². The second-order valence-electron chi connectivity index (χ2n) is 5.79. The van der Waals surface area contributed by atoms with Gasteiger partial charge in [0.2, 0.25) is 5.91 Å². The van der Waals surface area contributed by atoms with Gasteiger partial charge in [0, 0.05) is 38.3 Å². The fourth-order valence-corrected chi connectivity index (χ4v) is 2.31. The van der Waals surface area contributed by atoms with Crippen molar-refractivity contribution in [1.82, 2.24) is 25.3 Å². The number of rotatable bonds is 7. The second-order valence-corrected chi connectivity index (χ2v) is 5.79. The molecule has 0 bridgehead atoms. The predicted octanol–water partition coefficient (Wildman–Crippen LogP) is 0.800. The minimum atomic E-state index is -0.194. The molecule has 1 aromatic heterocycles. The smallest absolute Gasteiger partial charge is 0.253 e. The molecule has 128 valence electrons. The maximum Gasteiger partial charge on any atom is 0.253 e. The Labute approximate surface area is 141 Å². The average molecular weight is 329 g/mol. The molecule has 2 N–H and O–H groups in total. The van der Waals surface area contributed by atoms with Crippen LogP contribution in [0.15, 0.2) is 36.7 Å². The van der Waals surface area contributed by atoms with Crippen LogP contribution in [0.2, 0.25) is 0 Å². The highest BCUT2D eigenvalue weighted by Crippen LogP contribution is 2.15. The molecule has 7 nitrogen and oxygen atoms in total. The maximum atomic E-state index is 12.4. The van der Waals surface area contributed by atoms with Crippen LogP contribution in [0.1, 0.15) is 22.8 Å². The monoisotopic (exact) mass is 329 g/mol. The van der Waals surface area contributed by atoms with Gasteiger partial charge in [-0.15, -0.1) is 0 Å². The zero-order valence-electron chi connectivity index (χ0n) is 14.2. The molecule has 0 unspecified atom stereocenters. The van der Waals surface area contributed by atoms with Gasteiger partial charge < -0.3 is 15.5 Å². The van der Waals surface area contributed by atoms with Crippen LogP contribution in [0, 0.1) is 0 Å². The van der Waals surface area contributed by atoms with E-state index in [0.717, 1.165) is 17.8 Å². The Balaban J connectivity index is 2.10. The molecule has 0 atom stereocenters. The predicted molar refractivity (Wildman–Crippen MR) is 92.0 cm³/mol. The third kappa shape index (κ3) is 4.92. The van der Waals surface area contributed by atoms with Crippen molar-refractivity contribution in [2.24, 2.45) is 0 Å². The van der Waals surface area contributed by atoms with Gasteiger partial charge in [-0.1, -0.05) is 12.1 Å². The van der Waals surface area contributed by atoms with Crippen LogP contribution >= 0.6 is 0 Å². The highest BCUT2D eigenvalue weighted by Gasteiger charge is 2.13. The summed E-state index contributed by atoms with van der Waals surface area (Å²) in [6.45, 7) is 3.00. The summed E-state index contributed by atoms with van der Waals surface area (Å²) in [5.41, 5.74) is 2.33. The molecule has 7 heteroatoms. The van der Waals surface area contributed by atoms with E-state index in [1.807, 2.05) is 38.5 Å². The molecule has 0 aliphatic heterocycles. The number of amides is 2. The van der Waals surface area contributed by atoms with Crippen LogP contribution in [0.3, 0.4) is 0 Å². The van der Waals surface area contributed by atoms with Crippen LogP contribution in [0.5, 0.6) is 0 Å². The fourth-order valence-electron chi connectivity index (χ4n) is 2.31. The minimum Gasteiger partial charge on any atom is -0.355 e. The number of nitrogens with zero attached hydrogens (tertiary/aromatic N) is 3. The Morgan fingerprint density at radius 1 is 1.17 bits per heavy atom. The molecule has 0 fully saturated rings. The van der Waals surface area contributed by atoms with Gasteiger partial charge in [0.15, 0.2) is 0 Å². The van der Waals surface area contributed by atoms with E-state index in [-0.39, 0.29) is 11.8 Å². The Morgan fingerprint density at radius 2 is 1.88 bits per heavy atom. The summed E-state index contributed by atoms with van der Waals surface area (Å²) in [7, 11) is 3.99. The summed E-state index contributed by atoms with van der Waals surface area (Å²) >= 11 is 0. The fraction of sp³-hybridized carbons (Fsp3) is 0.353. The molecule has 0 aliphatic carbocycles. The number of nitrogens with one attached hydrogen (secondary N) is 2. The first-order valence-electron chi connectivity index (χ1n) is 7.77. The van der Waals surface area contributed by atoms with Crippen LogP contribution in [0.25, 0.3) is 5.69 Å². The number of carbonyl (C=O) groups excluding carboxylic acids is 2. The molecule has 1 heterocycles. The van der Waals surface area contributed by atoms with E-state index in [1.165, 1.54) is 6.92 Å². The standard InChI is InChI=1S/C17H23N5O2/c1-13(23)18-8-9-19-17(24)15-6-4-5-7-16(15)22-12-14(10-20-22)11-21(2)3/h4-7,10,12H,8-9,11H2,1-3H3,(H,18,23)(H,19,24). The largest absolute Gasteiger partial charge is 0.355 e. The maximum absolute atomic E-state index is 12.4. The topological polar surface area (TPSA) is 79.3 Å². The van der Waals surface area contributed by atoms with E-state index in [2.05, 4.69) is 20.6 Å². The third-order valence-electron chi connectivity index (χ3n) is 3.31. The van der Waals surface area contributed by atoms with E-state index in [1.54, 1.807) is 16.9 Å². The molecular weight excluding hydrogens is 306 g/mol.